The molecule has 2 aromatic heterocycles. The van der Waals surface area contributed by atoms with E-state index in [2.05, 4.69) is 50.1 Å². The number of allylic oxidation sites excluding steroid dienone is 2. The van der Waals surface area contributed by atoms with Crippen LogP contribution < -0.4 is 0 Å². The van der Waals surface area contributed by atoms with Crippen LogP contribution >= 0.6 is 0 Å². The van der Waals surface area contributed by atoms with Gasteiger partial charge in [-0.1, -0.05) is 27.7 Å². The first kappa shape index (κ1) is 25.3. The molecule has 0 aliphatic rings. The molecule has 2 unspecified atom stereocenters. The minimum atomic E-state index is -0.250. The molecular formula is C27H38N4O. The first-order chi connectivity index (χ1) is 15.1. The molecule has 0 aliphatic heterocycles. The van der Waals surface area contributed by atoms with Gasteiger partial charge in [-0.3, -0.25) is 14.8 Å². The number of ketones is 1. The molecule has 172 valence electrons. The number of nitrogens with zero attached hydrogens (tertiary/aromatic N) is 4. The van der Waals surface area contributed by atoms with Gasteiger partial charge in [-0.05, 0) is 58.4 Å². The molecule has 0 fully saturated rings. The van der Waals surface area contributed by atoms with E-state index in [1.165, 1.54) is 0 Å². The van der Waals surface area contributed by atoms with Crippen molar-refractivity contribution in [3.63, 3.8) is 0 Å². The molecule has 0 spiro atoms. The van der Waals surface area contributed by atoms with E-state index in [0.29, 0.717) is 0 Å². The van der Waals surface area contributed by atoms with E-state index >= 15 is 0 Å². The number of Topliss-reactive ketones (excluding diaryl/α,β-unsaturated/α-hetero) is 1. The van der Waals surface area contributed by atoms with Crippen molar-refractivity contribution in [2.45, 2.75) is 27.7 Å². The second kappa shape index (κ2) is 11.6. The van der Waals surface area contributed by atoms with Crippen LogP contribution in [0.15, 0.2) is 61.5 Å². The monoisotopic (exact) mass is 434 g/mol. The van der Waals surface area contributed by atoms with E-state index in [4.69, 9.17) is 0 Å². The fourth-order valence-electron chi connectivity index (χ4n) is 4.19. The maximum atomic E-state index is 14.4. The number of pyridine rings is 2. The van der Waals surface area contributed by atoms with E-state index in [1.807, 2.05) is 62.3 Å². The second-order valence-corrected chi connectivity index (χ2v) is 9.41. The van der Waals surface area contributed by atoms with Gasteiger partial charge in [0.2, 0.25) is 0 Å². The fraction of sp³-hybridized carbons (Fsp3) is 0.444. The minimum Gasteiger partial charge on any atom is -0.383 e. The van der Waals surface area contributed by atoms with Gasteiger partial charge < -0.3 is 9.80 Å². The quantitative estimate of drug-likeness (QED) is 0.521. The normalized spacial score (nSPS) is 14.4. The molecule has 2 atom stereocenters. The molecule has 0 bridgehead atoms. The lowest BCUT2D eigenvalue weighted by Gasteiger charge is -2.32. The Balaban J connectivity index is 2.66. The zero-order valence-electron chi connectivity index (χ0n) is 20.8. The third-order valence-corrected chi connectivity index (χ3v) is 5.44. The maximum Gasteiger partial charge on any atom is 0.148 e. The zero-order chi connectivity index (χ0) is 23.8. The van der Waals surface area contributed by atoms with Gasteiger partial charge in [-0.25, -0.2) is 0 Å². The Bertz CT molecular complexity index is 840. The average molecular weight is 435 g/mol. The molecule has 0 saturated heterocycles. The van der Waals surface area contributed by atoms with Crippen LogP contribution in [0.25, 0.3) is 11.1 Å². The topological polar surface area (TPSA) is 49.3 Å². The summed E-state index contributed by atoms with van der Waals surface area (Å²) in [4.78, 5) is 26.7. The van der Waals surface area contributed by atoms with Crippen molar-refractivity contribution in [1.29, 1.82) is 0 Å². The fourth-order valence-corrected chi connectivity index (χ4v) is 4.19. The Labute approximate surface area is 193 Å². The van der Waals surface area contributed by atoms with E-state index in [0.717, 1.165) is 22.3 Å². The highest BCUT2D eigenvalue weighted by atomic mass is 16.1. The van der Waals surface area contributed by atoms with Crippen LogP contribution in [0, 0.1) is 23.7 Å². The Morgan fingerprint density at radius 1 is 0.688 bits per heavy atom. The molecule has 5 nitrogen and oxygen atoms in total. The lowest BCUT2D eigenvalue weighted by atomic mass is 9.71. The Morgan fingerprint density at radius 3 is 1.25 bits per heavy atom. The van der Waals surface area contributed by atoms with E-state index in [-0.39, 0.29) is 29.5 Å². The summed E-state index contributed by atoms with van der Waals surface area (Å²) in [5.41, 5.74) is 4.12. The van der Waals surface area contributed by atoms with E-state index < -0.39 is 0 Å². The van der Waals surface area contributed by atoms with E-state index in [9.17, 15) is 4.79 Å². The Kier molecular flexibility index (Phi) is 9.18. The van der Waals surface area contributed by atoms with Crippen LogP contribution in [-0.2, 0) is 4.79 Å². The Hall–Kier alpha value is -2.95. The second-order valence-electron chi connectivity index (χ2n) is 9.41. The van der Waals surface area contributed by atoms with Crippen LogP contribution in [0.1, 0.15) is 38.8 Å². The molecule has 2 rings (SSSR count). The van der Waals surface area contributed by atoms with Crippen LogP contribution in [0.3, 0.4) is 0 Å². The predicted molar refractivity (Wildman–Crippen MR) is 133 cm³/mol. The van der Waals surface area contributed by atoms with Gasteiger partial charge in [0, 0.05) is 77.2 Å². The first-order valence-corrected chi connectivity index (χ1v) is 11.2. The molecular weight excluding hydrogens is 396 g/mol. The summed E-state index contributed by atoms with van der Waals surface area (Å²) in [6, 6.07) is 7.95. The number of rotatable bonds is 10. The molecule has 2 aromatic rings. The summed E-state index contributed by atoms with van der Waals surface area (Å²) in [6.45, 7) is 8.53. The van der Waals surface area contributed by atoms with Crippen molar-refractivity contribution in [1.82, 2.24) is 19.8 Å². The van der Waals surface area contributed by atoms with Gasteiger partial charge in [-0.2, -0.15) is 0 Å². The number of hydrogen-bond acceptors (Lipinski definition) is 5. The molecule has 0 N–H and O–H groups in total. The third-order valence-electron chi connectivity index (χ3n) is 5.44. The summed E-state index contributed by atoms with van der Waals surface area (Å²) < 4.78 is 0. The van der Waals surface area contributed by atoms with Gasteiger partial charge in [0.1, 0.15) is 5.78 Å². The summed E-state index contributed by atoms with van der Waals surface area (Å²) in [5, 5.41) is 0. The molecule has 5 heteroatoms. The number of aromatic nitrogens is 2. The van der Waals surface area contributed by atoms with Crippen molar-refractivity contribution in [2.24, 2.45) is 23.7 Å². The molecule has 32 heavy (non-hydrogen) atoms. The zero-order valence-corrected chi connectivity index (χ0v) is 20.8. The summed E-state index contributed by atoms with van der Waals surface area (Å²) in [5.74, 6) is 0.0198. The lowest BCUT2D eigenvalue weighted by Crippen LogP contribution is -2.33. The van der Waals surface area contributed by atoms with Crippen LogP contribution in [0.5, 0.6) is 0 Å². The highest BCUT2D eigenvalue weighted by molar-refractivity contribution is 6.01. The molecule has 0 saturated carbocycles. The first-order valence-electron chi connectivity index (χ1n) is 11.2. The van der Waals surface area contributed by atoms with Crippen LogP contribution in [-0.4, -0.2) is 53.7 Å². The third kappa shape index (κ3) is 6.52. The SMILES string of the molecule is CC(C)C(C(=O)C(C(=CN(C)C)c1ccncc1)C(C)C)C(=CN(C)C)c1ccncc1. The number of hydrogen-bond donors (Lipinski definition) is 0. The number of carbonyl (C=O) groups excluding carboxylic acids is 1. The van der Waals surface area contributed by atoms with Crippen molar-refractivity contribution >= 4 is 16.9 Å². The predicted octanol–water partition coefficient (Wildman–Crippen LogP) is 5.10. The molecule has 0 amide bonds. The molecule has 0 aliphatic carbocycles. The molecule has 2 heterocycles. The summed E-state index contributed by atoms with van der Waals surface area (Å²) in [6.07, 6.45) is 11.3. The van der Waals surface area contributed by atoms with Crippen molar-refractivity contribution in [3.8, 4) is 0 Å². The largest absolute Gasteiger partial charge is 0.383 e. The van der Waals surface area contributed by atoms with Crippen LogP contribution in [0.4, 0.5) is 0 Å². The van der Waals surface area contributed by atoms with Gasteiger partial charge in [-0.15, -0.1) is 0 Å². The van der Waals surface area contributed by atoms with Crippen LogP contribution in [0.2, 0.25) is 0 Å². The van der Waals surface area contributed by atoms with Gasteiger partial charge in [0.05, 0.1) is 0 Å². The van der Waals surface area contributed by atoms with Crippen molar-refractivity contribution in [2.75, 3.05) is 28.2 Å². The average Bonchev–Trinajstić information content (AvgIpc) is 2.73. The van der Waals surface area contributed by atoms with E-state index in [1.54, 1.807) is 24.8 Å². The van der Waals surface area contributed by atoms with Crippen molar-refractivity contribution in [3.05, 3.63) is 72.6 Å². The summed E-state index contributed by atoms with van der Waals surface area (Å²) >= 11 is 0. The van der Waals surface area contributed by atoms with Gasteiger partial charge >= 0.3 is 0 Å². The minimum absolute atomic E-state index is 0.140. The van der Waals surface area contributed by atoms with Gasteiger partial charge in [0.25, 0.3) is 0 Å². The highest BCUT2D eigenvalue weighted by Crippen LogP contribution is 2.39. The van der Waals surface area contributed by atoms with Gasteiger partial charge in [0.15, 0.2) is 0 Å². The number of carbonyl (C=O) groups is 1. The smallest absolute Gasteiger partial charge is 0.148 e. The Morgan fingerprint density at radius 2 is 1.00 bits per heavy atom. The standard InChI is InChI=1S/C27H38N4O/c1-19(2)25(23(17-30(5)6)21-9-13-28-14-10-21)27(32)26(20(3)4)24(18-31(7)8)22-11-15-29-16-12-22/h9-20,25-26H,1-8H3. The van der Waals surface area contributed by atoms with Crippen molar-refractivity contribution < 1.29 is 4.79 Å². The lowest BCUT2D eigenvalue weighted by molar-refractivity contribution is -0.125. The maximum absolute atomic E-state index is 14.4. The highest BCUT2D eigenvalue weighted by Gasteiger charge is 2.36. The molecule has 0 radical (unpaired) electrons. The molecule has 0 aromatic carbocycles. The summed E-state index contributed by atoms with van der Waals surface area (Å²) in [7, 11) is 7.99.